The maximum absolute atomic E-state index is 12.7. The molecule has 2 aliphatic heterocycles. The first-order chi connectivity index (χ1) is 11.1. The molecule has 0 unspecified atom stereocenters. The first-order valence-corrected chi connectivity index (χ1v) is 8.37. The zero-order valence-corrected chi connectivity index (χ0v) is 13.8. The second-order valence-corrected chi connectivity index (χ2v) is 6.47. The van der Waals surface area contributed by atoms with E-state index in [1.807, 2.05) is 18.4 Å². The average molecular weight is 342 g/mol. The minimum atomic E-state index is -0.143. The molecule has 0 radical (unpaired) electrons. The summed E-state index contributed by atoms with van der Waals surface area (Å²) >= 11 is 7.54. The molecule has 2 aliphatic rings. The topological polar surface area (TPSA) is 50.7 Å². The molecule has 4 nitrogen and oxygen atoms in total. The van der Waals surface area contributed by atoms with Crippen LogP contribution in [0.5, 0.6) is 0 Å². The lowest BCUT2D eigenvalue weighted by molar-refractivity contribution is 0.858. The van der Waals surface area contributed by atoms with E-state index in [0.29, 0.717) is 22.0 Å². The Balaban J connectivity index is 2.00. The van der Waals surface area contributed by atoms with Crippen molar-refractivity contribution in [3.63, 3.8) is 0 Å². The Labute approximate surface area is 141 Å². The summed E-state index contributed by atoms with van der Waals surface area (Å²) in [4.78, 5) is 15.9. The molecule has 23 heavy (non-hydrogen) atoms. The number of aromatic nitrogens is 3. The fourth-order valence-electron chi connectivity index (χ4n) is 2.68. The Kier molecular flexibility index (Phi) is 3.32. The van der Waals surface area contributed by atoms with Gasteiger partial charge in [-0.15, -0.1) is 0 Å². The Morgan fingerprint density at radius 1 is 1.22 bits per heavy atom. The van der Waals surface area contributed by atoms with E-state index < -0.39 is 0 Å². The van der Waals surface area contributed by atoms with Gasteiger partial charge in [0.05, 0.1) is 11.3 Å². The van der Waals surface area contributed by atoms with Gasteiger partial charge in [0.15, 0.2) is 0 Å². The van der Waals surface area contributed by atoms with E-state index in [2.05, 4.69) is 15.5 Å². The first-order valence-electron chi connectivity index (χ1n) is 7.04. The lowest BCUT2D eigenvalue weighted by atomic mass is 10.0. The summed E-state index contributed by atoms with van der Waals surface area (Å²) in [7, 11) is 0. The van der Waals surface area contributed by atoms with Crippen molar-refractivity contribution in [2.45, 2.75) is 6.92 Å². The van der Waals surface area contributed by atoms with Crippen LogP contribution in [0, 0.1) is 6.92 Å². The molecule has 0 fully saturated rings. The largest absolute Gasteiger partial charge is 0.364 e. The highest BCUT2D eigenvalue weighted by atomic mass is 35.5. The zero-order chi connectivity index (χ0) is 16.0. The van der Waals surface area contributed by atoms with Crippen molar-refractivity contribution in [2.24, 2.45) is 0 Å². The number of pyridine rings is 1. The van der Waals surface area contributed by atoms with Crippen LogP contribution in [0.1, 0.15) is 5.69 Å². The van der Waals surface area contributed by atoms with Crippen LogP contribution in [-0.2, 0) is 0 Å². The number of H-pyrrole nitrogens is 1. The number of halogens is 1. The van der Waals surface area contributed by atoms with Gasteiger partial charge in [0.1, 0.15) is 5.69 Å². The second kappa shape index (κ2) is 5.37. The van der Waals surface area contributed by atoms with Gasteiger partial charge in [0.25, 0.3) is 5.56 Å². The molecule has 0 saturated carbocycles. The van der Waals surface area contributed by atoms with E-state index in [-0.39, 0.29) is 5.56 Å². The highest BCUT2D eigenvalue weighted by Crippen LogP contribution is 2.33. The molecule has 4 rings (SSSR count). The number of fused-ring (bicyclic) bond motifs is 1. The van der Waals surface area contributed by atoms with E-state index in [1.165, 1.54) is 4.68 Å². The summed E-state index contributed by atoms with van der Waals surface area (Å²) in [6.07, 6.45) is 1.72. The van der Waals surface area contributed by atoms with Crippen molar-refractivity contribution in [1.29, 1.82) is 0 Å². The number of nitrogens with zero attached hydrogens (tertiary/aromatic N) is 2. The maximum Gasteiger partial charge on any atom is 0.282 e. The molecule has 1 aromatic carbocycles. The number of benzene rings is 1. The predicted molar refractivity (Wildman–Crippen MR) is 93.9 cm³/mol. The van der Waals surface area contributed by atoms with Gasteiger partial charge in [-0.05, 0) is 53.6 Å². The molecule has 0 atom stereocenters. The third-order valence-electron chi connectivity index (χ3n) is 3.80. The van der Waals surface area contributed by atoms with E-state index in [0.717, 1.165) is 16.8 Å². The smallest absolute Gasteiger partial charge is 0.282 e. The number of aromatic amines is 1. The standard InChI is InChI=1S/C17H12ClN3OS/c1-10-15(11-6-7-23-9-11)16-14(8-19-10)17(22)21(20-16)13-4-2-12(18)3-5-13/h2-9,19H,1H3. The van der Waals surface area contributed by atoms with E-state index >= 15 is 0 Å². The Bertz CT molecular complexity index is 1000. The van der Waals surface area contributed by atoms with Gasteiger partial charge in [0, 0.05) is 22.5 Å². The van der Waals surface area contributed by atoms with Crippen LogP contribution in [0.25, 0.3) is 28.1 Å². The number of nitrogens with one attached hydrogen (secondary N) is 1. The fourth-order valence-corrected chi connectivity index (χ4v) is 3.45. The van der Waals surface area contributed by atoms with Crippen LogP contribution in [0.3, 0.4) is 0 Å². The predicted octanol–water partition coefficient (Wildman–Crippen LogP) is 4.36. The molecule has 3 heterocycles. The summed E-state index contributed by atoms with van der Waals surface area (Å²) in [5.74, 6) is 0. The van der Waals surface area contributed by atoms with Gasteiger partial charge in [-0.25, -0.2) is 0 Å². The lowest BCUT2D eigenvalue weighted by Crippen LogP contribution is -2.14. The zero-order valence-electron chi connectivity index (χ0n) is 12.2. The third-order valence-corrected chi connectivity index (χ3v) is 4.74. The summed E-state index contributed by atoms with van der Waals surface area (Å²) in [5, 5.41) is 9.27. The molecule has 6 heteroatoms. The molecule has 2 aromatic rings. The molecule has 0 saturated heterocycles. The molecule has 114 valence electrons. The van der Waals surface area contributed by atoms with Crippen molar-refractivity contribution >= 4 is 22.9 Å². The van der Waals surface area contributed by atoms with Crippen LogP contribution in [-0.4, -0.2) is 14.8 Å². The van der Waals surface area contributed by atoms with Gasteiger partial charge in [-0.2, -0.15) is 21.1 Å². The Morgan fingerprint density at radius 2 is 2.00 bits per heavy atom. The van der Waals surface area contributed by atoms with Gasteiger partial charge in [-0.3, -0.25) is 4.79 Å². The number of hydrogen-bond donors (Lipinski definition) is 1. The Hall–Kier alpha value is -2.37. The van der Waals surface area contributed by atoms with Crippen LogP contribution < -0.4 is 5.56 Å². The van der Waals surface area contributed by atoms with Crippen LogP contribution in [0.2, 0.25) is 5.02 Å². The van der Waals surface area contributed by atoms with Crippen LogP contribution in [0.15, 0.2) is 52.1 Å². The summed E-state index contributed by atoms with van der Waals surface area (Å²) in [6.45, 7) is 1.98. The van der Waals surface area contributed by atoms with Crippen molar-refractivity contribution in [3.05, 3.63) is 68.4 Å². The van der Waals surface area contributed by atoms with Crippen molar-refractivity contribution in [2.75, 3.05) is 0 Å². The number of aryl methyl sites for hydroxylation is 1. The SMILES string of the molecule is Cc1[nH]cc2c(=O)n(-c3ccc(Cl)cc3)nc-2c1-c1ccsc1. The molecular weight excluding hydrogens is 330 g/mol. The van der Waals surface area contributed by atoms with Crippen LogP contribution in [0.4, 0.5) is 0 Å². The maximum atomic E-state index is 12.7. The summed E-state index contributed by atoms with van der Waals surface area (Å²) in [6, 6.07) is 9.11. The molecule has 0 aliphatic carbocycles. The second-order valence-electron chi connectivity index (χ2n) is 5.26. The minimum Gasteiger partial charge on any atom is -0.364 e. The Morgan fingerprint density at radius 3 is 2.70 bits per heavy atom. The first kappa shape index (κ1) is 14.2. The highest BCUT2D eigenvalue weighted by Gasteiger charge is 2.22. The van der Waals surface area contributed by atoms with Crippen LogP contribution >= 0.6 is 22.9 Å². The van der Waals surface area contributed by atoms with Crippen molar-refractivity contribution in [3.8, 4) is 28.1 Å². The quantitative estimate of drug-likeness (QED) is 0.589. The van der Waals surface area contributed by atoms with Gasteiger partial charge >= 0.3 is 0 Å². The third kappa shape index (κ3) is 2.29. The fraction of sp³-hybridized carbons (Fsp3) is 0.0588. The van der Waals surface area contributed by atoms with Crippen molar-refractivity contribution < 1.29 is 0 Å². The summed E-state index contributed by atoms with van der Waals surface area (Å²) in [5.41, 5.74) is 4.85. The molecule has 0 bridgehead atoms. The normalized spacial score (nSPS) is 11.2. The number of rotatable bonds is 2. The minimum absolute atomic E-state index is 0.143. The molecule has 0 spiro atoms. The summed E-state index contributed by atoms with van der Waals surface area (Å²) < 4.78 is 1.42. The van der Waals surface area contributed by atoms with Gasteiger partial charge < -0.3 is 4.98 Å². The molecule has 1 N–H and O–H groups in total. The number of hydrogen-bond acceptors (Lipinski definition) is 3. The van der Waals surface area contributed by atoms with Gasteiger partial charge in [-0.1, -0.05) is 11.6 Å². The van der Waals surface area contributed by atoms with Gasteiger partial charge in [0.2, 0.25) is 0 Å². The number of thiophene rings is 1. The molecule has 0 amide bonds. The highest BCUT2D eigenvalue weighted by molar-refractivity contribution is 7.08. The molecular formula is C17H12ClN3OS. The van der Waals surface area contributed by atoms with E-state index in [4.69, 9.17) is 11.6 Å². The van der Waals surface area contributed by atoms with E-state index in [9.17, 15) is 4.79 Å². The van der Waals surface area contributed by atoms with Crippen molar-refractivity contribution in [1.82, 2.24) is 14.8 Å². The molecule has 1 aromatic heterocycles. The monoisotopic (exact) mass is 341 g/mol. The van der Waals surface area contributed by atoms with E-state index in [1.54, 1.807) is 41.8 Å². The average Bonchev–Trinajstić information content (AvgIpc) is 3.17. The lowest BCUT2D eigenvalue weighted by Gasteiger charge is -2.07.